The van der Waals surface area contributed by atoms with Crippen LogP contribution in [0.1, 0.15) is 62.0 Å². The summed E-state index contributed by atoms with van der Waals surface area (Å²) in [5.74, 6) is 1.02. The van der Waals surface area contributed by atoms with Crippen molar-refractivity contribution in [2.75, 3.05) is 26.9 Å². The van der Waals surface area contributed by atoms with E-state index in [1.54, 1.807) is 0 Å². The van der Waals surface area contributed by atoms with Gasteiger partial charge in [0.1, 0.15) is 23.7 Å². The van der Waals surface area contributed by atoms with E-state index in [1.807, 2.05) is 60.2 Å². The predicted molar refractivity (Wildman–Crippen MR) is 253 cm³/mol. The van der Waals surface area contributed by atoms with Gasteiger partial charge in [0.25, 0.3) is 0 Å². The molecule has 334 valence electrons. The Kier molecular flexibility index (Phi) is 11.7. The van der Waals surface area contributed by atoms with Crippen molar-refractivity contribution in [3.63, 3.8) is 0 Å². The Bertz CT molecular complexity index is 2950. The standard InChI is InChI=1S/C50H54N8O6Si/c1-29(2)42(55-49(61)63-3)47(59)57-22-10-13-40(57)45-51-26-39(53-45)35-17-15-30-14-16-32(24-36(30)25-35)33-18-20-37-34(23-33)19-21-38-44(37)54-46(52-38)41-27-65(5,6)28-58(41)48(60)43(56-50(62)64-4)31-11-8-7-9-12-31/h7-9,11-12,14-21,23-26,29,40-43H,10,13,22,27-28H2,1-6H3,(H,51,53)(H,52,54)(H,55,61)(H,56,62)/t40-,41+,42-,43+/m1/s1. The summed E-state index contributed by atoms with van der Waals surface area (Å²) in [4.78, 5) is 73.4. The predicted octanol–water partition coefficient (Wildman–Crippen LogP) is 9.20. The van der Waals surface area contributed by atoms with Gasteiger partial charge in [-0.15, -0.1) is 0 Å². The number of aromatic nitrogens is 4. The van der Waals surface area contributed by atoms with E-state index in [0.29, 0.717) is 18.3 Å². The normalized spacial score (nSPS) is 18.0. The number of ether oxygens (including phenoxy) is 2. The van der Waals surface area contributed by atoms with Gasteiger partial charge in [-0.05, 0) is 81.9 Å². The molecule has 0 spiro atoms. The SMILES string of the molecule is COC(=O)N[C@H](C(=O)N1C[Si](C)(C)C[C@H]1c1nc2c(ccc3cc(-c4ccc5ccc(-c6cnc([C@H]7CCCN7C(=O)[C@H](NC(=O)OC)C(C)C)[nH]6)cc5c4)ccc32)[nH]1)c1ccccc1. The number of carbonyl (C=O) groups is 4. The molecule has 0 saturated carbocycles. The highest BCUT2D eigenvalue weighted by molar-refractivity contribution is 6.78. The van der Waals surface area contributed by atoms with Gasteiger partial charge in [-0.3, -0.25) is 9.59 Å². The van der Waals surface area contributed by atoms with Crippen LogP contribution in [0.25, 0.3) is 55.0 Å². The number of benzene rings is 5. The number of methoxy groups -OCH3 is 2. The second-order valence-corrected chi connectivity index (χ2v) is 23.4. The molecule has 5 aromatic carbocycles. The number of nitrogens with zero attached hydrogens (tertiary/aromatic N) is 4. The van der Waals surface area contributed by atoms with E-state index in [4.69, 9.17) is 19.4 Å². The van der Waals surface area contributed by atoms with Gasteiger partial charge in [0.05, 0.1) is 57.3 Å². The molecule has 7 aromatic rings. The molecular weight excluding hydrogens is 837 g/mol. The van der Waals surface area contributed by atoms with E-state index in [1.165, 1.54) is 14.2 Å². The van der Waals surface area contributed by atoms with Crippen molar-refractivity contribution in [1.82, 2.24) is 40.4 Å². The number of nitrogens with one attached hydrogen (secondary N) is 4. The Hall–Kier alpha value is -7.00. The fourth-order valence-electron chi connectivity index (χ4n) is 9.62. The number of carbonyl (C=O) groups excluding carboxylic acids is 4. The second kappa shape index (κ2) is 17.5. The van der Waals surface area contributed by atoms with Crippen LogP contribution in [0.5, 0.6) is 0 Å². The number of amides is 4. The maximum absolute atomic E-state index is 14.4. The first kappa shape index (κ1) is 43.3. The van der Waals surface area contributed by atoms with Gasteiger partial charge in [0.15, 0.2) is 0 Å². The first-order valence-electron chi connectivity index (χ1n) is 22.2. The molecule has 0 unspecified atom stereocenters. The van der Waals surface area contributed by atoms with E-state index in [9.17, 15) is 19.2 Å². The molecule has 2 saturated heterocycles. The highest BCUT2D eigenvalue weighted by atomic mass is 28.3. The van der Waals surface area contributed by atoms with Gasteiger partial charge in [-0.1, -0.05) is 99.7 Å². The van der Waals surface area contributed by atoms with Gasteiger partial charge in [-0.25, -0.2) is 19.6 Å². The molecule has 9 rings (SSSR count). The molecule has 4 amide bonds. The summed E-state index contributed by atoms with van der Waals surface area (Å²) in [5.41, 5.74) is 6.42. The van der Waals surface area contributed by atoms with Crippen LogP contribution in [0.2, 0.25) is 19.1 Å². The average molecular weight is 891 g/mol. The molecule has 0 aliphatic carbocycles. The van der Waals surface area contributed by atoms with Crippen LogP contribution in [-0.2, 0) is 19.1 Å². The summed E-state index contributed by atoms with van der Waals surface area (Å²) in [7, 11) is 0.739. The minimum absolute atomic E-state index is 0.116. The number of rotatable bonds is 10. The minimum atomic E-state index is -1.85. The van der Waals surface area contributed by atoms with E-state index < -0.39 is 32.3 Å². The van der Waals surface area contributed by atoms with Crippen molar-refractivity contribution in [2.45, 2.75) is 70.0 Å². The lowest BCUT2D eigenvalue weighted by Gasteiger charge is -2.30. The third-order valence-corrected chi connectivity index (χ3v) is 15.6. The fraction of sp³-hybridized carbons (Fsp3) is 0.320. The third kappa shape index (κ3) is 8.55. The van der Waals surface area contributed by atoms with Gasteiger partial charge in [0.2, 0.25) is 11.8 Å². The molecule has 15 heteroatoms. The quantitative estimate of drug-likeness (QED) is 0.0984. The summed E-state index contributed by atoms with van der Waals surface area (Å²) < 4.78 is 9.71. The van der Waals surface area contributed by atoms with Crippen molar-refractivity contribution < 1.29 is 28.7 Å². The van der Waals surface area contributed by atoms with Gasteiger partial charge >= 0.3 is 12.2 Å². The molecule has 2 aromatic heterocycles. The lowest BCUT2D eigenvalue weighted by atomic mass is 9.97. The van der Waals surface area contributed by atoms with E-state index in [2.05, 4.69) is 100 Å². The van der Waals surface area contributed by atoms with Crippen molar-refractivity contribution >= 4 is 64.7 Å². The summed E-state index contributed by atoms with van der Waals surface area (Å²) >= 11 is 0. The molecule has 0 bridgehead atoms. The van der Waals surface area contributed by atoms with Crippen LogP contribution < -0.4 is 10.6 Å². The Morgan fingerprint density at radius 2 is 1.42 bits per heavy atom. The van der Waals surface area contributed by atoms with Crippen molar-refractivity contribution in [2.24, 2.45) is 5.92 Å². The first-order valence-corrected chi connectivity index (χ1v) is 25.6. The van der Waals surface area contributed by atoms with Crippen LogP contribution in [0.15, 0.2) is 103 Å². The Balaban J connectivity index is 0.967. The number of aromatic amines is 2. The fourth-order valence-corrected chi connectivity index (χ4v) is 12.5. The van der Waals surface area contributed by atoms with E-state index in [0.717, 1.165) is 85.5 Å². The highest BCUT2D eigenvalue weighted by Gasteiger charge is 2.46. The number of likely N-dealkylation sites (tertiary alicyclic amines) is 1. The molecule has 14 nitrogen and oxygen atoms in total. The molecule has 0 radical (unpaired) electrons. The lowest BCUT2D eigenvalue weighted by molar-refractivity contribution is -0.135. The summed E-state index contributed by atoms with van der Waals surface area (Å²) in [6.07, 6.45) is 2.79. The van der Waals surface area contributed by atoms with Crippen LogP contribution in [0.4, 0.5) is 9.59 Å². The maximum Gasteiger partial charge on any atom is 0.407 e. The largest absolute Gasteiger partial charge is 0.453 e. The molecule has 2 aliphatic heterocycles. The first-order chi connectivity index (χ1) is 31.3. The second-order valence-electron chi connectivity index (χ2n) is 18.4. The summed E-state index contributed by atoms with van der Waals surface area (Å²) in [6, 6.07) is 31.5. The molecule has 4 atom stereocenters. The molecule has 2 fully saturated rings. The molecule has 2 aliphatic rings. The molecule has 4 N–H and O–H groups in total. The maximum atomic E-state index is 14.4. The van der Waals surface area contributed by atoms with E-state index >= 15 is 0 Å². The molecular formula is C50H54N8O6Si. The van der Waals surface area contributed by atoms with Crippen LogP contribution >= 0.6 is 0 Å². The lowest BCUT2D eigenvalue weighted by Crippen LogP contribution is -2.51. The molecule has 4 heterocycles. The van der Waals surface area contributed by atoms with Crippen LogP contribution in [0, 0.1) is 5.92 Å². The minimum Gasteiger partial charge on any atom is -0.453 e. The number of hydrogen-bond donors (Lipinski definition) is 4. The van der Waals surface area contributed by atoms with Gasteiger partial charge in [-0.2, -0.15) is 0 Å². The third-order valence-electron chi connectivity index (χ3n) is 13.0. The highest BCUT2D eigenvalue weighted by Crippen LogP contribution is 2.40. The number of alkyl carbamates (subject to hydrolysis) is 2. The number of fused-ring (bicyclic) bond motifs is 4. The smallest absolute Gasteiger partial charge is 0.407 e. The van der Waals surface area contributed by atoms with Crippen LogP contribution in [-0.4, -0.2) is 94.8 Å². The van der Waals surface area contributed by atoms with Gasteiger partial charge in [0, 0.05) is 23.7 Å². The number of hydrogen-bond acceptors (Lipinski definition) is 8. The van der Waals surface area contributed by atoms with Crippen molar-refractivity contribution in [3.05, 3.63) is 120 Å². The number of imidazole rings is 2. The Labute approximate surface area is 378 Å². The van der Waals surface area contributed by atoms with Crippen molar-refractivity contribution in [3.8, 4) is 22.4 Å². The molecule has 65 heavy (non-hydrogen) atoms. The zero-order valence-electron chi connectivity index (χ0n) is 37.5. The van der Waals surface area contributed by atoms with Gasteiger partial charge < -0.3 is 39.9 Å². The van der Waals surface area contributed by atoms with Crippen molar-refractivity contribution in [1.29, 1.82) is 0 Å². The van der Waals surface area contributed by atoms with E-state index in [-0.39, 0.29) is 29.8 Å². The summed E-state index contributed by atoms with van der Waals surface area (Å²) in [6.45, 7) is 8.97. The van der Waals surface area contributed by atoms with Crippen LogP contribution in [0.3, 0.4) is 0 Å². The topological polar surface area (TPSA) is 175 Å². The zero-order chi connectivity index (χ0) is 45.6. The summed E-state index contributed by atoms with van der Waals surface area (Å²) in [5, 5.41) is 9.74. The Morgan fingerprint density at radius 1 is 0.738 bits per heavy atom. The monoisotopic (exact) mass is 890 g/mol. The number of H-pyrrole nitrogens is 2. The zero-order valence-corrected chi connectivity index (χ0v) is 38.5. The Morgan fingerprint density at radius 3 is 2.15 bits per heavy atom. The average Bonchev–Trinajstić information content (AvgIpc) is 4.15.